The van der Waals surface area contributed by atoms with Gasteiger partial charge in [0.2, 0.25) is 0 Å². The van der Waals surface area contributed by atoms with Crippen LogP contribution >= 0.6 is 0 Å². The number of nitrogens with one attached hydrogen (secondary N) is 1. The lowest BCUT2D eigenvalue weighted by Crippen LogP contribution is -2.18. The van der Waals surface area contributed by atoms with E-state index in [2.05, 4.69) is 10.1 Å². The number of carbonyl (C=O) groups excluding carboxylic acids is 1. The van der Waals surface area contributed by atoms with E-state index in [4.69, 9.17) is 0 Å². The van der Waals surface area contributed by atoms with E-state index in [1.54, 1.807) is 54.6 Å². The number of benzene rings is 2. The highest BCUT2D eigenvalue weighted by molar-refractivity contribution is 5.97. The molecule has 0 aliphatic heterocycles. The first-order chi connectivity index (χ1) is 10.6. The topological polar surface area (TPSA) is 81.5 Å². The molecule has 0 heterocycles. The van der Waals surface area contributed by atoms with Crippen LogP contribution in [0.1, 0.15) is 5.56 Å². The summed E-state index contributed by atoms with van der Waals surface area (Å²) >= 11 is 0. The van der Waals surface area contributed by atoms with Gasteiger partial charge in [-0.05, 0) is 12.1 Å². The molecular weight excluding hydrogens is 284 g/mol. The molecule has 6 heteroatoms. The van der Waals surface area contributed by atoms with Crippen molar-refractivity contribution in [3.63, 3.8) is 0 Å². The highest BCUT2D eigenvalue weighted by Crippen LogP contribution is 2.23. The Balaban J connectivity index is 2.58. The van der Waals surface area contributed by atoms with E-state index in [1.807, 2.05) is 6.07 Å². The molecule has 0 fully saturated rings. The van der Waals surface area contributed by atoms with Gasteiger partial charge in [-0.2, -0.15) is 0 Å². The molecule has 2 rings (SSSR count). The van der Waals surface area contributed by atoms with Crippen LogP contribution in [0.4, 0.5) is 5.69 Å². The Hall–Kier alpha value is -3.15. The monoisotopic (exact) mass is 298 g/mol. The Kier molecular flexibility index (Phi) is 4.87. The van der Waals surface area contributed by atoms with Crippen LogP contribution in [0.15, 0.2) is 66.4 Å². The minimum Gasteiger partial charge on any atom is -0.461 e. The van der Waals surface area contributed by atoms with Crippen molar-refractivity contribution in [2.45, 2.75) is 0 Å². The van der Waals surface area contributed by atoms with Crippen molar-refractivity contribution in [1.82, 2.24) is 0 Å². The summed E-state index contributed by atoms with van der Waals surface area (Å²) in [5.74, 6) is -1.01. The second kappa shape index (κ2) is 7.03. The molecule has 6 nitrogen and oxygen atoms in total. The summed E-state index contributed by atoms with van der Waals surface area (Å²) in [6, 6.07) is 17.5. The van der Waals surface area contributed by atoms with Crippen molar-refractivity contribution in [2.75, 3.05) is 12.4 Å². The maximum absolute atomic E-state index is 11.8. The van der Waals surface area contributed by atoms with Crippen molar-refractivity contribution in [3.05, 3.63) is 82.0 Å². The van der Waals surface area contributed by atoms with E-state index >= 15 is 0 Å². The van der Waals surface area contributed by atoms with Crippen LogP contribution in [-0.2, 0) is 9.53 Å². The van der Waals surface area contributed by atoms with E-state index in [-0.39, 0.29) is 5.70 Å². The van der Waals surface area contributed by atoms with Gasteiger partial charge in [-0.15, -0.1) is 0 Å². The lowest BCUT2D eigenvalue weighted by molar-refractivity contribution is -0.420. The minimum absolute atomic E-state index is 0.0867. The number of ether oxygens (including phenoxy) is 1. The summed E-state index contributed by atoms with van der Waals surface area (Å²) in [6.45, 7) is 0. The van der Waals surface area contributed by atoms with Gasteiger partial charge in [0.25, 0.3) is 0 Å². The zero-order valence-corrected chi connectivity index (χ0v) is 11.9. The molecule has 0 aliphatic carbocycles. The van der Waals surface area contributed by atoms with Crippen molar-refractivity contribution >= 4 is 17.4 Å². The second-order valence-corrected chi connectivity index (χ2v) is 4.33. The molecule has 0 atom stereocenters. The summed E-state index contributed by atoms with van der Waals surface area (Å²) in [5, 5.41) is 14.2. The molecule has 0 bridgehead atoms. The number of rotatable bonds is 5. The summed E-state index contributed by atoms with van der Waals surface area (Å²) < 4.78 is 4.54. The first-order valence-corrected chi connectivity index (χ1v) is 6.48. The first kappa shape index (κ1) is 15.2. The van der Waals surface area contributed by atoms with Gasteiger partial charge in [0, 0.05) is 11.3 Å². The number of nitro groups is 1. The van der Waals surface area contributed by atoms with Crippen LogP contribution in [0.3, 0.4) is 0 Å². The van der Waals surface area contributed by atoms with Gasteiger partial charge in [0.05, 0.1) is 12.0 Å². The third-order valence-corrected chi connectivity index (χ3v) is 2.90. The number of para-hydroxylation sites is 1. The Morgan fingerprint density at radius 3 is 2.09 bits per heavy atom. The summed E-state index contributed by atoms with van der Waals surface area (Å²) in [5.41, 5.74) is 0.592. The summed E-state index contributed by atoms with van der Waals surface area (Å²) in [6.07, 6.45) is 0. The van der Waals surface area contributed by atoms with Crippen molar-refractivity contribution in [2.24, 2.45) is 0 Å². The SMILES string of the molecule is COC(=O)/C(=C(\Nc1ccccc1)c1ccccc1)[N+](=O)[O-]. The molecule has 0 amide bonds. The molecule has 2 aromatic carbocycles. The average molecular weight is 298 g/mol. The van der Waals surface area contributed by atoms with E-state index in [0.717, 1.165) is 7.11 Å². The molecule has 0 unspecified atom stereocenters. The second-order valence-electron chi connectivity index (χ2n) is 4.33. The molecule has 0 saturated heterocycles. The molecule has 0 aromatic heterocycles. The number of anilines is 1. The summed E-state index contributed by atoms with van der Waals surface area (Å²) in [4.78, 5) is 22.4. The highest BCUT2D eigenvalue weighted by Gasteiger charge is 2.29. The molecule has 0 saturated carbocycles. The van der Waals surface area contributed by atoms with E-state index in [1.165, 1.54) is 0 Å². The molecule has 2 aromatic rings. The van der Waals surface area contributed by atoms with Gasteiger partial charge in [-0.25, -0.2) is 4.79 Å². The fraction of sp³-hybridized carbons (Fsp3) is 0.0625. The number of carbonyl (C=O) groups is 1. The zero-order valence-electron chi connectivity index (χ0n) is 11.9. The number of hydrogen-bond acceptors (Lipinski definition) is 5. The maximum Gasteiger partial charge on any atom is 0.411 e. The predicted octanol–water partition coefficient (Wildman–Crippen LogP) is 2.92. The third-order valence-electron chi connectivity index (χ3n) is 2.90. The predicted molar refractivity (Wildman–Crippen MR) is 82.4 cm³/mol. The summed E-state index contributed by atoms with van der Waals surface area (Å²) in [7, 11) is 1.11. The van der Waals surface area contributed by atoms with Crippen LogP contribution in [0.2, 0.25) is 0 Å². The van der Waals surface area contributed by atoms with Crippen molar-refractivity contribution < 1.29 is 14.5 Å². The van der Waals surface area contributed by atoms with E-state index < -0.39 is 16.6 Å². The van der Waals surface area contributed by atoms with Gasteiger partial charge in [-0.3, -0.25) is 10.1 Å². The lowest BCUT2D eigenvalue weighted by atomic mass is 10.1. The molecule has 0 spiro atoms. The van der Waals surface area contributed by atoms with Gasteiger partial charge in [0.15, 0.2) is 0 Å². The fourth-order valence-corrected chi connectivity index (χ4v) is 1.90. The van der Waals surface area contributed by atoms with Crippen molar-refractivity contribution in [3.8, 4) is 0 Å². The first-order valence-electron chi connectivity index (χ1n) is 6.48. The third kappa shape index (κ3) is 3.49. The largest absolute Gasteiger partial charge is 0.461 e. The normalized spacial score (nSPS) is 11.3. The Morgan fingerprint density at radius 1 is 1.05 bits per heavy atom. The van der Waals surface area contributed by atoms with Crippen LogP contribution < -0.4 is 5.32 Å². The Labute approximate surface area is 127 Å². The highest BCUT2D eigenvalue weighted by atomic mass is 16.6. The average Bonchev–Trinajstić information content (AvgIpc) is 2.55. The number of methoxy groups -OCH3 is 1. The van der Waals surface area contributed by atoms with Gasteiger partial charge in [-0.1, -0.05) is 48.5 Å². The smallest absolute Gasteiger partial charge is 0.411 e. The quantitative estimate of drug-likeness (QED) is 0.397. The van der Waals surface area contributed by atoms with Crippen LogP contribution in [-0.4, -0.2) is 18.0 Å². The van der Waals surface area contributed by atoms with Gasteiger partial charge >= 0.3 is 11.7 Å². The molecule has 0 radical (unpaired) electrons. The molecule has 22 heavy (non-hydrogen) atoms. The van der Waals surface area contributed by atoms with Crippen LogP contribution in [0.25, 0.3) is 5.70 Å². The molecule has 1 N–H and O–H groups in total. The van der Waals surface area contributed by atoms with Crippen molar-refractivity contribution in [1.29, 1.82) is 0 Å². The molecular formula is C16H14N2O4. The molecule has 0 aliphatic rings. The Morgan fingerprint density at radius 2 is 1.59 bits per heavy atom. The minimum atomic E-state index is -1.01. The molecule has 112 valence electrons. The van der Waals surface area contributed by atoms with Gasteiger partial charge < -0.3 is 10.1 Å². The lowest BCUT2D eigenvalue weighted by Gasteiger charge is -2.11. The number of hydrogen-bond donors (Lipinski definition) is 1. The number of nitrogens with zero attached hydrogens (tertiary/aromatic N) is 1. The maximum atomic E-state index is 11.8. The van der Waals surface area contributed by atoms with Gasteiger partial charge in [0.1, 0.15) is 5.70 Å². The van der Waals surface area contributed by atoms with Crippen LogP contribution in [0.5, 0.6) is 0 Å². The van der Waals surface area contributed by atoms with E-state index in [0.29, 0.717) is 11.3 Å². The van der Waals surface area contributed by atoms with E-state index in [9.17, 15) is 14.9 Å². The number of esters is 1. The zero-order chi connectivity index (χ0) is 15.9. The fourth-order valence-electron chi connectivity index (χ4n) is 1.90. The Bertz CT molecular complexity index is 697. The van der Waals surface area contributed by atoms with Crippen LogP contribution in [0, 0.1) is 10.1 Å². The standard InChI is InChI=1S/C16H14N2O4/c1-22-16(19)15(18(20)21)14(12-8-4-2-5-9-12)17-13-10-6-3-7-11-13/h2-11,17H,1H3/b15-14+.